The molecule has 21 heavy (non-hydrogen) atoms. The van der Waals surface area contributed by atoms with Gasteiger partial charge >= 0.3 is 5.97 Å². The van der Waals surface area contributed by atoms with Crippen LogP contribution >= 0.6 is 0 Å². The number of nitrogens with zero attached hydrogens (tertiary/aromatic N) is 1. The van der Waals surface area contributed by atoms with Crippen molar-refractivity contribution in [3.8, 4) is 0 Å². The van der Waals surface area contributed by atoms with Crippen LogP contribution in [-0.4, -0.2) is 35.0 Å². The molecule has 1 saturated heterocycles. The first-order valence-electron chi connectivity index (χ1n) is 7.37. The van der Waals surface area contributed by atoms with E-state index in [0.717, 1.165) is 11.1 Å². The number of amides is 1. The highest BCUT2D eigenvalue weighted by molar-refractivity contribution is 5.95. The van der Waals surface area contributed by atoms with Crippen molar-refractivity contribution >= 4 is 11.9 Å². The minimum Gasteiger partial charge on any atom is -0.481 e. The average molecular weight is 289 g/mol. The van der Waals surface area contributed by atoms with Gasteiger partial charge in [0.15, 0.2) is 0 Å². The van der Waals surface area contributed by atoms with Crippen LogP contribution in [0.1, 0.15) is 41.8 Å². The molecule has 1 N–H and O–H groups in total. The van der Waals surface area contributed by atoms with E-state index in [9.17, 15) is 14.7 Å². The summed E-state index contributed by atoms with van der Waals surface area (Å²) in [7, 11) is 0. The van der Waals surface area contributed by atoms with E-state index in [0.29, 0.717) is 25.1 Å². The van der Waals surface area contributed by atoms with Crippen LogP contribution < -0.4 is 0 Å². The molecule has 1 aliphatic rings. The first-order chi connectivity index (χ1) is 9.76. The van der Waals surface area contributed by atoms with Crippen molar-refractivity contribution in [2.45, 2.75) is 34.1 Å². The summed E-state index contributed by atoms with van der Waals surface area (Å²) in [5.41, 5.74) is 1.93. The second-order valence-electron chi connectivity index (χ2n) is 6.47. The van der Waals surface area contributed by atoms with Crippen molar-refractivity contribution in [3.63, 3.8) is 0 Å². The molecule has 1 unspecified atom stereocenters. The molecule has 0 radical (unpaired) electrons. The number of likely N-dealkylation sites (tertiary alicyclic amines) is 1. The Bertz CT molecular complexity index is 559. The monoisotopic (exact) mass is 289 g/mol. The number of hydrogen-bond donors (Lipinski definition) is 1. The van der Waals surface area contributed by atoms with E-state index >= 15 is 0 Å². The van der Waals surface area contributed by atoms with Crippen LogP contribution in [0, 0.1) is 25.2 Å². The summed E-state index contributed by atoms with van der Waals surface area (Å²) in [6.07, 6.45) is 0.524. The van der Waals surface area contributed by atoms with E-state index in [1.807, 2.05) is 45.9 Å². The van der Waals surface area contributed by atoms with Gasteiger partial charge in [-0.1, -0.05) is 31.0 Å². The predicted octanol–water partition coefficient (Wildman–Crippen LogP) is 2.88. The van der Waals surface area contributed by atoms with Crippen LogP contribution in [0.4, 0.5) is 0 Å². The Morgan fingerprint density at radius 3 is 2.19 bits per heavy atom. The van der Waals surface area contributed by atoms with Gasteiger partial charge in [0.25, 0.3) is 5.91 Å². The molecule has 4 nitrogen and oxygen atoms in total. The molecule has 0 bridgehead atoms. The smallest absolute Gasteiger partial charge is 0.311 e. The first kappa shape index (κ1) is 15.5. The molecule has 0 aromatic heterocycles. The molecular weight excluding hydrogens is 266 g/mol. The number of carboxylic acid groups (broad SMARTS) is 1. The highest BCUT2D eigenvalue weighted by atomic mass is 16.4. The minimum atomic E-state index is -0.811. The van der Waals surface area contributed by atoms with Crippen LogP contribution in [0.15, 0.2) is 18.2 Å². The zero-order valence-electron chi connectivity index (χ0n) is 13.1. The minimum absolute atomic E-state index is 0.00652. The fraction of sp³-hybridized carbons (Fsp3) is 0.529. The van der Waals surface area contributed by atoms with Gasteiger partial charge in [-0.15, -0.1) is 0 Å². The Balaban J connectivity index is 2.24. The Labute approximate surface area is 125 Å². The number of carbonyl (C=O) groups excluding carboxylic acids is 1. The quantitative estimate of drug-likeness (QED) is 0.931. The maximum atomic E-state index is 12.6. The van der Waals surface area contributed by atoms with Gasteiger partial charge in [0.2, 0.25) is 0 Å². The van der Waals surface area contributed by atoms with Gasteiger partial charge in [-0.2, -0.15) is 0 Å². The molecule has 1 heterocycles. The Morgan fingerprint density at radius 2 is 1.76 bits per heavy atom. The third-order valence-corrected chi connectivity index (χ3v) is 4.59. The Hall–Kier alpha value is -1.84. The summed E-state index contributed by atoms with van der Waals surface area (Å²) in [6, 6.07) is 5.76. The molecular formula is C17H23NO3. The van der Waals surface area contributed by atoms with Crippen LogP contribution in [-0.2, 0) is 4.79 Å². The van der Waals surface area contributed by atoms with Gasteiger partial charge in [0.1, 0.15) is 0 Å². The highest BCUT2D eigenvalue weighted by Gasteiger charge is 2.48. The predicted molar refractivity (Wildman–Crippen MR) is 81.3 cm³/mol. The van der Waals surface area contributed by atoms with Crippen LogP contribution in [0.2, 0.25) is 0 Å². The zero-order valence-corrected chi connectivity index (χ0v) is 13.1. The molecule has 1 aromatic rings. The van der Waals surface area contributed by atoms with E-state index in [1.165, 1.54) is 0 Å². The SMILES string of the molecule is Cc1cc(C)cc(C(=O)N2CCC(C(=O)O)(C(C)C)C2)c1. The van der Waals surface area contributed by atoms with Crippen molar-refractivity contribution in [2.24, 2.45) is 11.3 Å². The normalized spacial score (nSPS) is 21.9. The molecule has 1 aliphatic heterocycles. The third kappa shape index (κ3) is 2.80. The molecule has 2 rings (SSSR count). The lowest BCUT2D eigenvalue weighted by molar-refractivity contribution is -0.150. The lowest BCUT2D eigenvalue weighted by Crippen LogP contribution is -2.40. The molecule has 0 aliphatic carbocycles. The van der Waals surface area contributed by atoms with Crippen LogP contribution in [0.25, 0.3) is 0 Å². The number of rotatable bonds is 3. The summed E-state index contributed by atoms with van der Waals surface area (Å²) in [6.45, 7) is 8.56. The van der Waals surface area contributed by atoms with Gasteiger partial charge in [-0.05, 0) is 38.3 Å². The molecule has 1 aromatic carbocycles. The fourth-order valence-corrected chi connectivity index (χ4v) is 3.18. The number of benzene rings is 1. The molecule has 4 heteroatoms. The molecule has 1 atom stereocenters. The standard InChI is InChI=1S/C17H23NO3/c1-11(2)17(16(20)21)5-6-18(10-17)15(19)14-8-12(3)7-13(4)9-14/h7-9,11H,5-6,10H2,1-4H3,(H,20,21). The second-order valence-corrected chi connectivity index (χ2v) is 6.47. The van der Waals surface area contributed by atoms with Gasteiger partial charge < -0.3 is 10.0 Å². The van der Waals surface area contributed by atoms with E-state index in [4.69, 9.17) is 0 Å². The second kappa shape index (κ2) is 5.51. The summed E-state index contributed by atoms with van der Waals surface area (Å²) in [5.74, 6) is -0.856. The molecule has 0 saturated carbocycles. The highest BCUT2D eigenvalue weighted by Crippen LogP contribution is 2.38. The van der Waals surface area contributed by atoms with Gasteiger partial charge in [0.05, 0.1) is 5.41 Å². The summed E-state index contributed by atoms with van der Waals surface area (Å²) < 4.78 is 0. The van der Waals surface area contributed by atoms with Crippen molar-refractivity contribution in [2.75, 3.05) is 13.1 Å². The van der Waals surface area contributed by atoms with Gasteiger partial charge in [0, 0.05) is 18.7 Å². The fourth-order valence-electron chi connectivity index (χ4n) is 3.18. The zero-order chi connectivity index (χ0) is 15.8. The van der Waals surface area contributed by atoms with Crippen molar-refractivity contribution in [1.29, 1.82) is 0 Å². The van der Waals surface area contributed by atoms with Crippen molar-refractivity contribution in [1.82, 2.24) is 4.90 Å². The molecule has 114 valence electrons. The van der Waals surface area contributed by atoms with E-state index in [-0.39, 0.29) is 11.8 Å². The van der Waals surface area contributed by atoms with Crippen LogP contribution in [0.3, 0.4) is 0 Å². The van der Waals surface area contributed by atoms with E-state index in [2.05, 4.69) is 0 Å². The van der Waals surface area contributed by atoms with Gasteiger partial charge in [-0.25, -0.2) is 0 Å². The van der Waals surface area contributed by atoms with Crippen molar-refractivity contribution < 1.29 is 14.7 Å². The lowest BCUT2D eigenvalue weighted by atomic mass is 9.76. The van der Waals surface area contributed by atoms with Crippen LogP contribution in [0.5, 0.6) is 0 Å². The third-order valence-electron chi connectivity index (χ3n) is 4.59. The summed E-state index contributed by atoms with van der Waals surface area (Å²) >= 11 is 0. The number of aryl methyl sites for hydroxylation is 2. The van der Waals surface area contributed by atoms with Gasteiger partial charge in [-0.3, -0.25) is 9.59 Å². The molecule has 1 amide bonds. The average Bonchev–Trinajstić information content (AvgIpc) is 2.83. The van der Waals surface area contributed by atoms with E-state index in [1.54, 1.807) is 4.90 Å². The van der Waals surface area contributed by atoms with Crippen molar-refractivity contribution in [3.05, 3.63) is 34.9 Å². The summed E-state index contributed by atoms with van der Waals surface area (Å²) in [5, 5.41) is 9.55. The largest absolute Gasteiger partial charge is 0.481 e. The maximum absolute atomic E-state index is 12.6. The Morgan fingerprint density at radius 1 is 1.19 bits per heavy atom. The number of carbonyl (C=O) groups is 2. The number of carboxylic acids is 1. The molecule has 1 fully saturated rings. The Kier molecular flexibility index (Phi) is 4.08. The topological polar surface area (TPSA) is 57.6 Å². The van der Waals surface area contributed by atoms with E-state index < -0.39 is 11.4 Å². The number of aliphatic carboxylic acids is 1. The summed E-state index contributed by atoms with van der Waals surface area (Å²) in [4.78, 5) is 25.9. The maximum Gasteiger partial charge on any atom is 0.311 e. The first-order valence-corrected chi connectivity index (χ1v) is 7.37. The number of hydrogen-bond acceptors (Lipinski definition) is 2. The lowest BCUT2D eigenvalue weighted by Gasteiger charge is -2.28. The molecule has 0 spiro atoms.